The molecule has 0 radical (unpaired) electrons. The fraction of sp³-hybridized carbons (Fsp3) is 0.857. The summed E-state index contributed by atoms with van der Waals surface area (Å²) in [5, 5.41) is 19.2. The predicted molar refractivity (Wildman–Crippen MR) is 71.3 cm³/mol. The van der Waals surface area contributed by atoms with Gasteiger partial charge < -0.3 is 14.9 Å². The Morgan fingerprint density at radius 2 is 1.75 bits per heavy atom. The van der Waals surface area contributed by atoms with Crippen LogP contribution >= 0.6 is 0 Å². The Labute approximate surface area is 118 Å². The van der Waals surface area contributed by atoms with Crippen LogP contribution in [0.4, 0.5) is 4.79 Å². The van der Waals surface area contributed by atoms with Crippen LogP contribution in [0.2, 0.25) is 0 Å². The number of carbonyl (C=O) groups is 2. The summed E-state index contributed by atoms with van der Waals surface area (Å²) in [6.07, 6.45) is 1.49. The van der Waals surface area contributed by atoms with Gasteiger partial charge in [-0.05, 0) is 46.5 Å². The number of carboxylic acid groups (broad SMARTS) is 1. The molecule has 20 heavy (non-hydrogen) atoms. The topological polar surface area (TPSA) is 87.1 Å². The lowest BCUT2D eigenvalue weighted by atomic mass is 9.62. The normalized spacial score (nSPS) is 33.1. The summed E-state index contributed by atoms with van der Waals surface area (Å²) < 4.78 is 5.36. The highest BCUT2D eigenvalue weighted by Gasteiger charge is 2.58. The van der Waals surface area contributed by atoms with E-state index in [-0.39, 0.29) is 13.2 Å². The molecule has 2 saturated heterocycles. The van der Waals surface area contributed by atoms with E-state index >= 15 is 0 Å². The van der Waals surface area contributed by atoms with Crippen molar-refractivity contribution in [2.45, 2.75) is 57.6 Å². The van der Waals surface area contributed by atoms with Crippen molar-refractivity contribution in [3.63, 3.8) is 0 Å². The lowest BCUT2D eigenvalue weighted by Crippen LogP contribution is -2.67. The second kappa shape index (κ2) is 4.62. The number of nitrogens with zero attached hydrogens (tertiary/aromatic N) is 1. The van der Waals surface area contributed by atoms with Crippen LogP contribution < -0.4 is 0 Å². The molecule has 2 aliphatic heterocycles. The molecule has 3 fully saturated rings. The highest BCUT2D eigenvalue weighted by atomic mass is 16.6. The molecule has 0 atom stereocenters. The van der Waals surface area contributed by atoms with Gasteiger partial charge in [0.2, 0.25) is 0 Å². The minimum absolute atomic E-state index is 0.123. The average molecular weight is 285 g/mol. The van der Waals surface area contributed by atoms with Gasteiger partial charge in [0.05, 0.1) is 17.6 Å². The van der Waals surface area contributed by atoms with Crippen LogP contribution in [0.15, 0.2) is 0 Å². The molecule has 0 aromatic carbocycles. The van der Waals surface area contributed by atoms with E-state index in [1.807, 2.05) is 0 Å². The van der Waals surface area contributed by atoms with Crippen molar-refractivity contribution in [2.24, 2.45) is 5.41 Å². The Hall–Kier alpha value is -1.30. The SMILES string of the molecule is CC(C)(C)OC(=O)N1CC2(C(=O)O)CCC1(CO)CC2. The number of amides is 1. The first-order valence-corrected chi connectivity index (χ1v) is 6.99. The van der Waals surface area contributed by atoms with Gasteiger partial charge in [0.25, 0.3) is 0 Å². The Balaban J connectivity index is 2.26. The first-order valence-electron chi connectivity index (χ1n) is 6.99. The number of carbonyl (C=O) groups excluding carboxylic acids is 1. The van der Waals surface area contributed by atoms with Gasteiger partial charge in [-0.1, -0.05) is 0 Å². The Morgan fingerprint density at radius 3 is 2.15 bits per heavy atom. The van der Waals surface area contributed by atoms with Crippen LogP contribution in [0, 0.1) is 5.41 Å². The van der Waals surface area contributed by atoms with Gasteiger partial charge in [-0.15, -0.1) is 0 Å². The molecule has 1 amide bonds. The molecule has 1 saturated carbocycles. The second-order valence-corrected chi connectivity index (χ2v) is 7.03. The number of fused-ring (bicyclic) bond motifs is 3. The smallest absolute Gasteiger partial charge is 0.410 e. The molecular weight excluding hydrogens is 262 g/mol. The second-order valence-electron chi connectivity index (χ2n) is 7.03. The van der Waals surface area contributed by atoms with Crippen molar-refractivity contribution in [3.8, 4) is 0 Å². The number of hydrogen-bond acceptors (Lipinski definition) is 4. The number of hydrogen-bond donors (Lipinski definition) is 2. The standard InChI is InChI=1S/C14H23NO5/c1-12(2,3)20-11(19)15-8-13(10(17)18)4-6-14(15,9-16)7-5-13/h16H,4-9H2,1-3H3,(H,17,18). The number of rotatable bonds is 2. The molecular formula is C14H23NO5. The van der Waals surface area contributed by atoms with Crippen molar-refractivity contribution < 1.29 is 24.5 Å². The molecule has 0 aromatic rings. The summed E-state index contributed by atoms with van der Waals surface area (Å²) in [7, 11) is 0. The highest BCUT2D eigenvalue weighted by Crippen LogP contribution is 2.50. The number of aliphatic hydroxyl groups is 1. The zero-order chi connectivity index (χ0) is 15.2. The maximum Gasteiger partial charge on any atom is 0.410 e. The molecule has 0 aromatic heterocycles. The van der Waals surface area contributed by atoms with E-state index in [4.69, 9.17) is 4.74 Å². The zero-order valence-corrected chi connectivity index (χ0v) is 12.3. The third kappa shape index (κ3) is 2.37. The molecule has 3 rings (SSSR count). The Bertz CT molecular complexity index is 418. The molecule has 6 nitrogen and oxygen atoms in total. The molecule has 0 spiro atoms. The third-order valence-electron chi connectivity index (χ3n) is 4.53. The molecule has 2 bridgehead atoms. The van der Waals surface area contributed by atoms with E-state index in [9.17, 15) is 19.8 Å². The zero-order valence-electron chi connectivity index (χ0n) is 12.3. The van der Waals surface area contributed by atoms with Gasteiger partial charge in [0.15, 0.2) is 0 Å². The van der Waals surface area contributed by atoms with Crippen LogP contribution in [0.5, 0.6) is 0 Å². The van der Waals surface area contributed by atoms with Crippen LogP contribution in [0.3, 0.4) is 0 Å². The average Bonchev–Trinajstić information content (AvgIpc) is 2.37. The van der Waals surface area contributed by atoms with Gasteiger partial charge in [-0.25, -0.2) is 4.79 Å². The molecule has 3 aliphatic rings. The summed E-state index contributed by atoms with van der Waals surface area (Å²) in [6, 6.07) is 0. The maximum absolute atomic E-state index is 12.3. The molecule has 1 aliphatic carbocycles. The van der Waals surface area contributed by atoms with Crippen LogP contribution in [0.1, 0.15) is 46.5 Å². The van der Waals surface area contributed by atoms with E-state index in [1.165, 1.54) is 4.90 Å². The largest absolute Gasteiger partial charge is 0.481 e. The monoisotopic (exact) mass is 285 g/mol. The maximum atomic E-state index is 12.3. The molecule has 2 N–H and O–H groups in total. The summed E-state index contributed by atoms with van der Waals surface area (Å²) in [6.45, 7) is 5.28. The minimum Gasteiger partial charge on any atom is -0.481 e. The first kappa shape index (κ1) is 15.1. The summed E-state index contributed by atoms with van der Waals surface area (Å²) in [5.74, 6) is -0.864. The number of carboxylic acids is 1. The minimum atomic E-state index is -0.881. The van der Waals surface area contributed by atoms with E-state index in [1.54, 1.807) is 20.8 Å². The molecule has 0 unspecified atom stereocenters. The fourth-order valence-corrected chi connectivity index (χ4v) is 3.19. The number of aliphatic carboxylic acids is 1. The highest BCUT2D eigenvalue weighted by molar-refractivity contribution is 5.78. The number of aliphatic hydroxyl groups excluding tert-OH is 1. The van der Waals surface area contributed by atoms with Crippen LogP contribution in [-0.4, -0.2) is 51.5 Å². The van der Waals surface area contributed by atoms with Crippen molar-refractivity contribution in [2.75, 3.05) is 13.2 Å². The summed E-state index contributed by atoms with van der Waals surface area (Å²) in [5.41, 5.74) is -2.17. The predicted octanol–water partition coefficient (Wildman–Crippen LogP) is 1.61. The first-order chi connectivity index (χ1) is 9.14. The van der Waals surface area contributed by atoms with Crippen molar-refractivity contribution >= 4 is 12.1 Å². The van der Waals surface area contributed by atoms with Crippen LogP contribution in [-0.2, 0) is 9.53 Å². The van der Waals surface area contributed by atoms with Gasteiger partial charge in [0, 0.05) is 6.54 Å². The van der Waals surface area contributed by atoms with E-state index < -0.39 is 28.6 Å². The van der Waals surface area contributed by atoms with Crippen molar-refractivity contribution in [1.29, 1.82) is 0 Å². The third-order valence-corrected chi connectivity index (χ3v) is 4.53. The Kier molecular flexibility index (Phi) is 3.48. The van der Waals surface area contributed by atoms with Crippen molar-refractivity contribution in [1.82, 2.24) is 4.90 Å². The number of piperidine rings is 2. The lowest BCUT2D eigenvalue weighted by Gasteiger charge is -2.57. The van der Waals surface area contributed by atoms with Gasteiger partial charge >= 0.3 is 12.1 Å². The van der Waals surface area contributed by atoms with Crippen LogP contribution in [0.25, 0.3) is 0 Å². The molecule has 6 heteroatoms. The van der Waals surface area contributed by atoms with Gasteiger partial charge in [-0.3, -0.25) is 9.69 Å². The molecule has 2 heterocycles. The van der Waals surface area contributed by atoms with Crippen molar-refractivity contribution in [3.05, 3.63) is 0 Å². The van der Waals surface area contributed by atoms with Gasteiger partial charge in [-0.2, -0.15) is 0 Å². The van der Waals surface area contributed by atoms with E-state index in [0.717, 1.165) is 0 Å². The fourth-order valence-electron chi connectivity index (χ4n) is 3.19. The quantitative estimate of drug-likeness (QED) is 0.805. The van der Waals surface area contributed by atoms with Gasteiger partial charge in [0.1, 0.15) is 5.60 Å². The summed E-state index contributed by atoms with van der Waals surface area (Å²) >= 11 is 0. The Morgan fingerprint density at radius 1 is 1.20 bits per heavy atom. The van der Waals surface area contributed by atoms with E-state index in [0.29, 0.717) is 25.7 Å². The molecule has 114 valence electrons. The number of ether oxygens (including phenoxy) is 1. The summed E-state index contributed by atoms with van der Waals surface area (Å²) in [4.78, 5) is 25.3. The van der Waals surface area contributed by atoms with E-state index in [2.05, 4.69) is 0 Å². The lowest BCUT2D eigenvalue weighted by molar-refractivity contribution is -0.167.